The van der Waals surface area contributed by atoms with E-state index in [9.17, 15) is 15.0 Å². The molecule has 0 bridgehead atoms. The quantitative estimate of drug-likeness (QED) is 0.548. The van der Waals surface area contributed by atoms with Gasteiger partial charge in [-0.25, -0.2) is 0 Å². The van der Waals surface area contributed by atoms with E-state index >= 15 is 0 Å². The fraction of sp³-hybridized carbons (Fsp3) is 0.750. The Kier molecular flexibility index (Phi) is 8.71. The molecule has 1 rings (SSSR count). The third-order valence-electron chi connectivity index (χ3n) is 4.19. The number of carbonyl (C=O) groups is 1. The van der Waals surface area contributed by atoms with Crippen molar-refractivity contribution in [3.05, 3.63) is 23.8 Å². The van der Waals surface area contributed by atoms with Crippen molar-refractivity contribution in [1.29, 1.82) is 0 Å². The van der Waals surface area contributed by atoms with E-state index in [0.717, 1.165) is 24.8 Å². The zero-order valence-electron chi connectivity index (χ0n) is 15.6. The van der Waals surface area contributed by atoms with E-state index in [-0.39, 0.29) is 5.97 Å². The highest BCUT2D eigenvalue weighted by Gasteiger charge is 2.23. The lowest BCUT2D eigenvalue weighted by molar-refractivity contribution is -0.154. The summed E-state index contributed by atoms with van der Waals surface area (Å²) in [7, 11) is 0. The van der Waals surface area contributed by atoms with Gasteiger partial charge >= 0.3 is 5.97 Å². The minimum absolute atomic E-state index is 0.141. The summed E-state index contributed by atoms with van der Waals surface area (Å²) in [5.74, 6) is 0.226. The Labute approximate surface area is 146 Å². The van der Waals surface area contributed by atoms with Gasteiger partial charge in [-0.05, 0) is 65.2 Å². The standard InChI is InChI=1S/C20H34O4/c1-15(14-24-19(23)20(2,3)4)9-7-5-6-8-10-16-11-17(21)13-18(22)12-16/h6,8,10,15,17-18,21-22H,5,7,9,11-14H2,1-4H3/t15-,17-,18-/m1/s1. The maximum atomic E-state index is 11.7. The summed E-state index contributed by atoms with van der Waals surface area (Å²) < 4.78 is 5.33. The van der Waals surface area contributed by atoms with Crippen LogP contribution >= 0.6 is 0 Å². The van der Waals surface area contributed by atoms with Gasteiger partial charge in [0, 0.05) is 0 Å². The van der Waals surface area contributed by atoms with Crippen LogP contribution in [0.1, 0.15) is 66.2 Å². The Morgan fingerprint density at radius 2 is 1.92 bits per heavy atom. The molecule has 0 aromatic heterocycles. The second-order valence-electron chi connectivity index (χ2n) is 8.09. The lowest BCUT2D eigenvalue weighted by atomic mass is 9.90. The van der Waals surface area contributed by atoms with E-state index in [2.05, 4.69) is 13.0 Å². The number of allylic oxidation sites excluding steroid dienone is 3. The van der Waals surface area contributed by atoms with Crippen molar-refractivity contribution in [2.75, 3.05) is 6.61 Å². The van der Waals surface area contributed by atoms with Gasteiger partial charge in [0.1, 0.15) is 0 Å². The van der Waals surface area contributed by atoms with Crippen LogP contribution in [0.25, 0.3) is 0 Å². The number of carbonyl (C=O) groups excluding carboxylic acids is 1. The molecule has 1 aliphatic carbocycles. The molecule has 0 aromatic carbocycles. The number of aliphatic hydroxyl groups excluding tert-OH is 2. The summed E-state index contributed by atoms with van der Waals surface area (Å²) in [5.41, 5.74) is 0.677. The molecule has 2 N–H and O–H groups in total. The summed E-state index contributed by atoms with van der Waals surface area (Å²) in [6.07, 6.45) is 10.2. The highest BCUT2D eigenvalue weighted by molar-refractivity contribution is 5.75. The Morgan fingerprint density at radius 1 is 1.29 bits per heavy atom. The largest absolute Gasteiger partial charge is 0.465 e. The molecule has 0 saturated heterocycles. The average Bonchev–Trinajstić information content (AvgIpc) is 2.46. The SMILES string of the molecule is C[C@H](CCCC=CC=C1C[C@@H](O)C[C@H](O)C1)COC(=O)C(C)(C)C. The van der Waals surface area contributed by atoms with Crippen LogP contribution in [0.5, 0.6) is 0 Å². The fourth-order valence-corrected chi connectivity index (χ4v) is 2.71. The molecule has 0 heterocycles. The van der Waals surface area contributed by atoms with Gasteiger partial charge in [-0.3, -0.25) is 4.79 Å². The van der Waals surface area contributed by atoms with Gasteiger partial charge in [-0.1, -0.05) is 30.7 Å². The first-order valence-electron chi connectivity index (χ1n) is 9.06. The minimum Gasteiger partial charge on any atom is -0.465 e. The minimum atomic E-state index is -0.434. The summed E-state index contributed by atoms with van der Waals surface area (Å²) in [6, 6.07) is 0. The topological polar surface area (TPSA) is 66.8 Å². The summed E-state index contributed by atoms with van der Waals surface area (Å²) >= 11 is 0. The number of ether oxygens (including phenoxy) is 1. The highest BCUT2D eigenvalue weighted by atomic mass is 16.5. The lowest BCUT2D eigenvalue weighted by Gasteiger charge is -2.24. The second kappa shape index (κ2) is 10.00. The van der Waals surface area contributed by atoms with Crippen LogP contribution in [0.15, 0.2) is 23.8 Å². The summed E-state index contributed by atoms with van der Waals surface area (Å²) in [4.78, 5) is 11.7. The van der Waals surface area contributed by atoms with Crippen molar-refractivity contribution >= 4 is 5.97 Å². The highest BCUT2D eigenvalue weighted by Crippen LogP contribution is 2.24. The summed E-state index contributed by atoms with van der Waals surface area (Å²) in [5, 5.41) is 19.3. The van der Waals surface area contributed by atoms with Gasteiger partial charge in [-0.2, -0.15) is 0 Å². The van der Waals surface area contributed by atoms with Crippen LogP contribution in [-0.4, -0.2) is 35.0 Å². The normalized spacial score (nSPS) is 23.3. The van der Waals surface area contributed by atoms with E-state index in [1.807, 2.05) is 32.9 Å². The third kappa shape index (κ3) is 8.65. The Hall–Kier alpha value is -1.13. The van der Waals surface area contributed by atoms with E-state index in [4.69, 9.17) is 4.74 Å². The third-order valence-corrected chi connectivity index (χ3v) is 4.19. The molecule has 0 spiro atoms. The molecular weight excluding hydrogens is 304 g/mol. The molecule has 0 unspecified atom stereocenters. The van der Waals surface area contributed by atoms with Gasteiger partial charge < -0.3 is 14.9 Å². The molecule has 4 nitrogen and oxygen atoms in total. The van der Waals surface area contributed by atoms with Crippen molar-refractivity contribution in [2.45, 2.75) is 78.4 Å². The number of unbranched alkanes of at least 4 members (excludes halogenated alkanes) is 1. The first kappa shape index (κ1) is 20.9. The van der Waals surface area contributed by atoms with Gasteiger partial charge in [-0.15, -0.1) is 0 Å². The van der Waals surface area contributed by atoms with Gasteiger partial charge in [0.2, 0.25) is 0 Å². The number of aliphatic hydroxyl groups is 2. The Morgan fingerprint density at radius 3 is 2.50 bits per heavy atom. The first-order valence-corrected chi connectivity index (χ1v) is 9.06. The fourth-order valence-electron chi connectivity index (χ4n) is 2.71. The summed E-state index contributed by atoms with van der Waals surface area (Å²) in [6.45, 7) is 8.18. The zero-order valence-corrected chi connectivity index (χ0v) is 15.6. The van der Waals surface area contributed by atoms with Crippen molar-refractivity contribution in [3.8, 4) is 0 Å². The number of esters is 1. The van der Waals surface area contributed by atoms with Crippen molar-refractivity contribution in [2.24, 2.45) is 11.3 Å². The Balaban J connectivity index is 2.17. The first-order chi connectivity index (χ1) is 11.2. The van der Waals surface area contributed by atoms with Crippen LogP contribution in [0, 0.1) is 11.3 Å². The van der Waals surface area contributed by atoms with E-state index in [0.29, 0.717) is 31.8 Å². The molecule has 0 amide bonds. The van der Waals surface area contributed by atoms with Crippen LogP contribution in [0.4, 0.5) is 0 Å². The predicted octanol–water partition coefficient (Wildman–Crippen LogP) is 3.77. The molecular formula is C20H34O4. The smallest absolute Gasteiger partial charge is 0.311 e. The van der Waals surface area contributed by atoms with E-state index in [1.165, 1.54) is 0 Å². The van der Waals surface area contributed by atoms with Crippen molar-refractivity contribution < 1.29 is 19.7 Å². The van der Waals surface area contributed by atoms with E-state index < -0.39 is 17.6 Å². The molecule has 138 valence electrons. The maximum Gasteiger partial charge on any atom is 0.311 e. The molecule has 4 heteroatoms. The Bertz CT molecular complexity index is 433. The van der Waals surface area contributed by atoms with Crippen LogP contribution in [0.2, 0.25) is 0 Å². The van der Waals surface area contributed by atoms with Crippen LogP contribution < -0.4 is 0 Å². The maximum absolute atomic E-state index is 11.7. The van der Waals surface area contributed by atoms with Gasteiger partial charge in [0.15, 0.2) is 0 Å². The average molecular weight is 338 g/mol. The lowest BCUT2D eigenvalue weighted by Crippen LogP contribution is -2.25. The van der Waals surface area contributed by atoms with Crippen LogP contribution in [0.3, 0.4) is 0 Å². The molecule has 3 atom stereocenters. The zero-order chi connectivity index (χ0) is 18.2. The molecule has 0 radical (unpaired) electrons. The van der Waals surface area contributed by atoms with Crippen molar-refractivity contribution in [1.82, 2.24) is 0 Å². The second-order valence-corrected chi connectivity index (χ2v) is 8.09. The molecule has 1 saturated carbocycles. The number of hydrogen-bond acceptors (Lipinski definition) is 4. The molecule has 1 aliphatic rings. The number of hydrogen-bond donors (Lipinski definition) is 2. The van der Waals surface area contributed by atoms with Gasteiger partial charge in [0.25, 0.3) is 0 Å². The number of rotatable bonds is 7. The van der Waals surface area contributed by atoms with Gasteiger partial charge in [0.05, 0.1) is 24.2 Å². The van der Waals surface area contributed by atoms with Crippen molar-refractivity contribution in [3.63, 3.8) is 0 Å². The molecule has 0 aromatic rings. The van der Waals surface area contributed by atoms with E-state index in [1.54, 1.807) is 0 Å². The molecule has 0 aliphatic heterocycles. The van der Waals surface area contributed by atoms with Crippen LogP contribution in [-0.2, 0) is 9.53 Å². The predicted molar refractivity (Wildman–Crippen MR) is 96.5 cm³/mol. The molecule has 1 fully saturated rings. The molecule has 24 heavy (non-hydrogen) atoms. The monoisotopic (exact) mass is 338 g/mol.